The number of anilines is 1. The zero-order chi connectivity index (χ0) is 14.0. The maximum absolute atomic E-state index is 10.7. The monoisotopic (exact) mass is 263 g/mol. The largest absolute Gasteiger partial charge is 0.496 e. The van der Waals surface area contributed by atoms with Gasteiger partial charge in [-0.1, -0.05) is 0 Å². The van der Waals surface area contributed by atoms with Gasteiger partial charge in [-0.05, 0) is 6.07 Å². The van der Waals surface area contributed by atoms with Crippen molar-refractivity contribution in [3.05, 3.63) is 28.3 Å². The third kappa shape index (κ3) is 2.19. The maximum atomic E-state index is 10.7. The fraction of sp³-hybridized carbons (Fsp3) is 0.273. The number of hydrogen-bond acceptors (Lipinski definition) is 6. The lowest BCUT2D eigenvalue weighted by atomic mass is 10.1. The number of aromatic nitrogens is 3. The van der Waals surface area contributed by atoms with Crippen LogP contribution in [-0.2, 0) is 7.05 Å². The van der Waals surface area contributed by atoms with Gasteiger partial charge in [-0.2, -0.15) is 0 Å². The highest BCUT2D eigenvalue weighted by molar-refractivity contribution is 5.68. The first-order valence-electron chi connectivity index (χ1n) is 5.48. The molecule has 19 heavy (non-hydrogen) atoms. The number of hydrogen-bond donors (Lipinski definition) is 1. The third-order valence-corrected chi connectivity index (χ3v) is 2.74. The van der Waals surface area contributed by atoms with E-state index >= 15 is 0 Å². The van der Waals surface area contributed by atoms with E-state index in [-0.39, 0.29) is 5.69 Å². The Bertz CT molecular complexity index is 623. The molecular formula is C11H13N5O3. The average Bonchev–Trinajstić information content (AvgIpc) is 2.78. The summed E-state index contributed by atoms with van der Waals surface area (Å²) in [6.07, 6.45) is 0. The highest BCUT2D eigenvalue weighted by Gasteiger charge is 2.17. The van der Waals surface area contributed by atoms with Crippen molar-refractivity contribution in [1.29, 1.82) is 0 Å². The van der Waals surface area contributed by atoms with Crippen LogP contribution in [0.4, 0.5) is 11.6 Å². The quantitative estimate of drug-likeness (QED) is 0.662. The van der Waals surface area contributed by atoms with Gasteiger partial charge in [-0.15, -0.1) is 10.2 Å². The number of non-ortho nitro benzene ring substituents is 1. The number of methoxy groups -OCH3 is 1. The van der Waals surface area contributed by atoms with Crippen molar-refractivity contribution in [2.75, 3.05) is 19.5 Å². The highest BCUT2D eigenvalue weighted by Crippen LogP contribution is 2.32. The van der Waals surface area contributed by atoms with Crippen LogP contribution in [0.5, 0.6) is 5.75 Å². The first-order chi connectivity index (χ1) is 9.08. The number of benzene rings is 1. The Kier molecular flexibility index (Phi) is 3.32. The minimum Gasteiger partial charge on any atom is -0.496 e. The minimum atomic E-state index is -0.470. The van der Waals surface area contributed by atoms with Crippen LogP contribution in [0.25, 0.3) is 11.4 Å². The molecule has 0 spiro atoms. The van der Waals surface area contributed by atoms with Crippen molar-refractivity contribution in [2.45, 2.75) is 0 Å². The Labute approximate surface area is 109 Å². The smallest absolute Gasteiger partial charge is 0.273 e. The molecule has 8 nitrogen and oxygen atoms in total. The van der Waals surface area contributed by atoms with Gasteiger partial charge >= 0.3 is 0 Å². The summed E-state index contributed by atoms with van der Waals surface area (Å²) in [5.74, 6) is 1.54. The molecule has 0 radical (unpaired) electrons. The number of nitro benzene ring substituents is 1. The van der Waals surface area contributed by atoms with E-state index in [1.807, 2.05) is 0 Å². The normalized spacial score (nSPS) is 10.3. The van der Waals surface area contributed by atoms with Gasteiger partial charge in [-0.3, -0.25) is 14.7 Å². The summed E-state index contributed by atoms with van der Waals surface area (Å²) in [7, 11) is 4.99. The molecule has 1 aromatic carbocycles. The van der Waals surface area contributed by atoms with Crippen LogP contribution in [0, 0.1) is 10.1 Å². The second-order valence-corrected chi connectivity index (χ2v) is 3.80. The lowest BCUT2D eigenvalue weighted by molar-refractivity contribution is -0.384. The van der Waals surface area contributed by atoms with Gasteiger partial charge in [0.05, 0.1) is 23.7 Å². The Morgan fingerprint density at radius 3 is 2.68 bits per heavy atom. The number of nitro groups is 1. The second-order valence-electron chi connectivity index (χ2n) is 3.80. The van der Waals surface area contributed by atoms with E-state index in [1.54, 1.807) is 24.7 Å². The van der Waals surface area contributed by atoms with Gasteiger partial charge in [0.2, 0.25) is 5.95 Å². The molecule has 2 aromatic rings. The van der Waals surface area contributed by atoms with Crippen LogP contribution in [0.1, 0.15) is 0 Å². The molecule has 0 saturated heterocycles. The summed E-state index contributed by atoms with van der Waals surface area (Å²) >= 11 is 0. The van der Waals surface area contributed by atoms with Gasteiger partial charge in [-0.25, -0.2) is 0 Å². The van der Waals surface area contributed by atoms with Gasteiger partial charge in [0.15, 0.2) is 5.82 Å². The summed E-state index contributed by atoms with van der Waals surface area (Å²) in [6, 6.07) is 4.37. The van der Waals surface area contributed by atoms with Crippen molar-refractivity contribution in [1.82, 2.24) is 14.8 Å². The van der Waals surface area contributed by atoms with E-state index in [4.69, 9.17) is 4.74 Å². The van der Waals surface area contributed by atoms with Crippen LogP contribution in [0.15, 0.2) is 18.2 Å². The summed E-state index contributed by atoms with van der Waals surface area (Å²) in [6.45, 7) is 0. The van der Waals surface area contributed by atoms with Gasteiger partial charge in [0, 0.05) is 20.2 Å². The van der Waals surface area contributed by atoms with Gasteiger partial charge in [0.25, 0.3) is 5.69 Å². The van der Waals surface area contributed by atoms with Crippen LogP contribution in [-0.4, -0.2) is 33.8 Å². The third-order valence-electron chi connectivity index (χ3n) is 2.74. The van der Waals surface area contributed by atoms with E-state index in [0.717, 1.165) is 0 Å². The molecule has 0 unspecified atom stereocenters. The Balaban J connectivity index is 2.55. The zero-order valence-electron chi connectivity index (χ0n) is 10.7. The minimum absolute atomic E-state index is 0.0309. The standard InChI is InChI=1S/C11H13N5O3/c1-12-11-14-13-10(15(11)2)8-5-4-7(16(17)18)6-9(8)19-3/h4-6H,1-3H3,(H,12,14). The molecule has 0 aliphatic heterocycles. The molecular weight excluding hydrogens is 250 g/mol. The summed E-state index contributed by atoms with van der Waals surface area (Å²) in [5, 5.41) is 21.6. The molecule has 0 amide bonds. The number of nitrogens with one attached hydrogen (secondary N) is 1. The lowest BCUT2D eigenvalue weighted by Crippen LogP contribution is -2.01. The van der Waals surface area contributed by atoms with E-state index in [0.29, 0.717) is 23.1 Å². The van der Waals surface area contributed by atoms with E-state index < -0.39 is 4.92 Å². The topological polar surface area (TPSA) is 95.1 Å². The molecule has 0 bridgehead atoms. The van der Waals surface area contributed by atoms with Gasteiger partial charge in [0.1, 0.15) is 5.75 Å². The van der Waals surface area contributed by atoms with E-state index in [1.165, 1.54) is 19.2 Å². The average molecular weight is 263 g/mol. The first kappa shape index (κ1) is 12.8. The van der Waals surface area contributed by atoms with Crippen molar-refractivity contribution in [3.63, 3.8) is 0 Å². The fourth-order valence-electron chi connectivity index (χ4n) is 1.76. The second kappa shape index (κ2) is 4.92. The van der Waals surface area contributed by atoms with Crippen LogP contribution in [0.2, 0.25) is 0 Å². The summed E-state index contributed by atoms with van der Waals surface area (Å²) in [5.41, 5.74) is 0.612. The lowest BCUT2D eigenvalue weighted by Gasteiger charge is -2.08. The molecule has 1 N–H and O–H groups in total. The summed E-state index contributed by atoms with van der Waals surface area (Å²) in [4.78, 5) is 10.3. The first-order valence-corrected chi connectivity index (χ1v) is 5.48. The fourth-order valence-corrected chi connectivity index (χ4v) is 1.76. The number of rotatable bonds is 4. The Morgan fingerprint density at radius 2 is 2.16 bits per heavy atom. The Hall–Kier alpha value is -2.64. The van der Waals surface area contributed by atoms with Crippen molar-refractivity contribution in [3.8, 4) is 17.1 Å². The molecule has 1 aromatic heterocycles. The van der Waals surface area contributed by atoms with E-state index in [9.17, 15) is 10.1 Å². The molecule has 0 atom stereocenters. The molecule has 100 valence electrons. The predicted molar refractivity (Wildman–Crippen MR) is 69.2 cm³/mol. The highest BCUT2D eigenvalue weighted by atomic mass is 16.6. The molecule has 0 saturated carbocycles. The predicted octanol–water partition coefficient (Wildman–Crippen LogP) is 1.44. The maximum Gasteiger partial charge on any atom is 0.273 e. The molecule has 0 aliphatic carbocycles. The molecule has 0 aliphatic rings. The number of nitrogens with zero attached hydrogens (tertiary/aromatic N) is 4. The van der Waals surface area contributed by atoms with Crippen molar-refractivity contribution in [2.24, 2.45) is 7.05 Å². The molecule has 8 heteroatoms. The molecule has 2 rings (SSSR count). The van der Waals surface area contributed by atoms with Gasteiger partial charge < -0.3 is 10.1 Å². The van der Waals surface area contributed by atoms with Crippen LogP contribution >= 0.6 is 0 Å². The zero-order valence-corrected chi connectivity index (χ0v) is 10.7. The molecule has 0 fully saturated rings. The van der Waals surface area contributed by atoms with Crippen LogP contribution < -0.4 is 10.1 Å². The van der Waals surface area contributed by atoms with Crippen molar-refractivity contribution >= 4 is 11.6 Å². The molecule has 1 heterocycles. The summed E-state index contributed by atoms with van der Waals surface area (Å²) < 4.78 is 6.92. The Morgan fingerprint density at radius 1 is 1.42 bits per heavy atom. The SMILES string of the molecule is CNc1nnc(-c2ccc([N+](=O)[O-])cc2OC)n1C. The van der Waals surface area contributed by atoms with E-state index in [2.05, 4.69) is 15.5 Å². The van der Waals surface area contributed by atoms with Crippen molar-refractivity contribution < 1.29 is 9.66 Å². The van der Waals surface area contributed by atoms with Crippen LogP contribution in [0.3, 0.4) is 0 Å². The number of ether oxygens (including phenoxy) is 1.